The van der Waals surface area contributed by atoms with Gasteiger partial charge in [0.1, 0.15) is 12.4 Å². The summed E-state index contributed by atoms with van der Waals surface area (Å²) in [4.78, 5) is 27.4. The van der Waals surface area contributed by atoms with Gasteiger partial charge in [-0.3, -0.25) is 9.69 Å². The van der Waals surface area contributed by atoms with Gasteiger partial charge in [0.2, 0.25) is 0 Å². The Balaban J connectivity index is 1.29. The van der Waals surface area contributed by atoms with Gasteiger partial charge >= 0.3 is 6.09 Å². The molecule has 2 aromatic carbocycles. The molecule has 30 heavy (non-hydrogen) atoms. The maximum atomic E-state index is 12.8. The first kappa shape index (κ1) is 20.6. The average molecular weight is 408 g/mol. The fraction of sp³-hybridized carbons (Fsp3) is 0.440. The van der Waals surface area contributed by atoms with E-state index in [1.807, 2.05) is 53.4 Å². The molecule has 5 nitrogen and oxygen atoms in total. The molecule has 2 fully saturated rings. The highest BCUT2D eigenvalue weighted by atomic mass is 16.6. The minimum atomic E-state index is -0.299. The molecule has 0 spiro atoms. The number of carbonyl (C=O) groups excluding carboxylic acids is 2. The van der Waals surface area contributed by atoms with Gasteiger partial charge in [-0.25, -0.2) is 4.79 Å². The molecule has 0 N–H and O–H groups in total. The second-order valence-corrected chi connectivity index (χ2v) is 8.27. The molecule has 2 unspecified atom stereocenters. The van der Waals surface area contributed by atoms with E-state index in [2.05, 4.69) is 12.1 Å². The van der Waals surface area contributed by atoms with Gasteiger partial charge < -0.3 is 9.47 Å². The minimum absolute atomic E-state index is 0.0119. The average Bonchev–Trinajstić information content (AvgIpc) is 2.78. The van der Waals surface area contributed by atoms with Gasteiger partial charge in [-0.05, 0) is 36.8 Å². The number of rotatable bonds is 7. The molecule has 4 rings (SSSR count). The lowest BCUT2D eigenvalue weighted by Crippen LogP contribution is -2.59. The van der Waals surface area contributed by atoms with Crippen molar-refractivity contribution in [2.45, 2.75) is 50.8 Å². The van der Waals surface area contributed by atoms with Crippen molar-refractivity contribution >= 4 is 11.9 Å². The van der Waals surface area contributed by atoms with E-state index in [1.165, 1.54) is 5.56 Å². The van der Waals surface area contributed by atoms with Crippen LogP contribution >= 0.6 is 0 Å². The molecule has 0 aromatic heterocycles. The van der Waals surface area contributed by atoms with E-state index in [1.54, 1.807) is 0 Å². The van der Waals surface area contributed by atoms with E-state index in [9.17, 15) is 9.59 Å². The van der Waals surface area contributed by atoms with Crippen molar-refractivity contribution in [2.75, 3.05) is 13.2 Å². The summed E-state index contributed by atoms with van der Waals surface area (Å²) in [6.45, 7) is 1.22. The molecule has 5 heteroatoms. The molecule has 2 saturated heterocycles. The van der Waals surface area contributed by atoms with Crippen LogP contribution in [0.3, 0.4) is 0 Å². The third-order valence-corrected chi connectivity index (χ3v) is 6.12. The summed E-state index contributed by atoms with van der Waals surface area (Å²) in [6, 6.07) is 19.8. The van der Waals surface area contributed by atoms with Crippen LogP contribution in [0, 0.1) is 5.92 Å². The van der Waals surface area contributed by atoms with Gasteiger partial charge in [0.25, 0.3) is 0 Å². The molecule has 1 amide bonds. The smallest absolute Gasteiger partial charge is 0.410 e. The standard InChI is InChI=1S/C25H29NO4/c27-24(13-7-12-19-8-3-1-4-9-19)21-14-22-17-29-18-23(15-21)26(22)25(28)30-16-20-10-5-2-6-11-20/h1-6,8-11,21-23H,7,12-18H2. The molecular weight excluding hydrogens is 378 g/mol. The predicted molar refractivity (Wildman–Crippen MR) is 114 cm³/mol. The number of amides is 1. The van der Waals surface area contributed by atoms with Crippen LogP contribution in [0.15, 0.2) is 60.7 Å². The van der Waals surface area contributed by atoms with Crippen molar-refractivity contribution in [2.24, 2.45) is 5.92 Å². The minimum Gasteiger partial charge on any atom is -0.445 e. The van der Waals surface area contributed by atoms with Crippen molar-refractivity contribution < 1.29 is 19.1 Å². The Bertz CT molecular complexity index is 825. The number of aryl methyl sites for hydroxylation is 1. The number of Topliss-reactive ketones (excluding diaryl/α,β-unsaturated/α-hetero) is 1. The number of carbonyl (C=O) groups is 2. The third-order valence-electron chi connectivity index (χ3n) is 6.12. The largest absolute Gasteiger partial charge is 0.445 e. The van der Waals surface area contributed by atoms with Crippen LogP contribution < -0.4 is 0 Å². The second kappa shape index (κ2) is 9.90. The van der Waals surface area contributed by atoms with Crippen LogP contribution in [0.4, 0.5) is 4.79 Å². The highest BCUT2D eigenvalue weighted by molar-refractivity contribution is 5.81. The fourth-order valence-corrected chi connectivity index (χ4v) is 4.59. The van der Waals surface area contributed by atoms with Crippen LogP contribution in [-0.4, -0.2) is 42.1 Å². The van der Waals surface area contributed by atoms with Gasteiger partial charge in [-0.1, -0.05) is 60.7 Å². The number of benzene rings is 2. The van der Waals surface area contributed by atoms with Crippen molar-refractivity contribution in [1.29, 1.82) is 0 Å². The van der Waals surface area contributed by atoms with E-state index in [0.717, 1.165) is 18.4 Å². The van der Waals surface area contributed by atoms with Crippen LogP contribution in [-0.2, 0) is 27.3 Å². The van der Waals surface area contributed by atoms with Crippen LogP contribution in [0.5, 0.6) is 0 Å². The lowest BCUT2D eigenvalue weighted by Gasteiger charge is -2.47. The number of morpholine rings is 1. The van der Waals surface area contributed by atoms with Gasteiger partial charge in [0, 0.05) is 12.3 Å². The molecule has 2 aliphatic heterocycles. The van der Waals surface area contributed by atoms with Gasteiger partial charge in [-0.2, -0.15) is 0 Å². The Kier molecular flexibility index (Phi) is 6.80. The van der Waals surface area contributed by atoms with E-state index >= 15 is 0 Å². The number of ketones is 1. The number of ether oxygens (including phenoxy) is 2. The predicted octanol–water partition coefficient (Wildman–Crippen LogP) is 4.39. The summed E-state index contributed by atoms with van der Waals surface area (Å²) in [5, 5.41) is 0. The lowest BCUT2D eigenvalue weighted by atomic mass is 9.81. The summed E-state index contributed by atoms with van der Waals surface area (Å²) in [7, 11) is 0. The topological polar surface area (TPSA) is 55.8 Å². The molecule has 2 atom stereocenters. The fourth-order valence-electron chi connectivity index (χ4n) is 4.59. The zero-order valence-corrected chi connectivity index (χ0v) is 17.2. The summed E-state index contributed by atoms with van der Waals surface area (Å²) < 4.78 is 11.2. The molecule has 0 aliphatic carbocycles. The molecule has 158 valence electrons. The van der Waals surface area contributed by atoms with E-state index in [4.69, 9.17) is 9.47 Å². The molecule has 2 aliphatic rings. The first-order valence-corrected chi connectivity index (χ1v) is 10.8. The quantitative estimate of drug-likeness (QED) is 0.683. The molecular formula is C25H29NO4. The summed E-state index contributed by atoms with van der Waals surface area (Å²) in [5.74, 6) is 0.331. The molecule has 0 radical (unpaired) electrons. The summed E-state index contributed by atoms with van der Waals surface area (Å²) in [6.07, 6.45) is 3.42. The Labute approximate surface area is 178 Å². The van der Waals surface area contributed by atoms with Crippen molar-refractivity contribution in [3.63, 3.8) is 0 Å². The zero-order chi connectivity index (χ0) is 20.8. The second-order valence-electron chi connectivity index (χ2n) is 8.27. The highest BCUT2D eigenvalue weighted by Gasteiger charge is 2.44. The van der Waals surface area contributed by atoms with Crippen LogP contribution in [0.2, 0.25) is 0 Å². The first-order chi connectivity index (χ1) is 14.7. The third kappa shape index (κ3) is 5.08. The van der Waals surface area contributed by atoms with Gasteiger partial charge in [-0.15, -0.1) is 0 Å². The number of fused-ring (bicyclic) bond motifs is 2. The van der Waals surface area contributed by atoms with Crippen molar-refractivity contribution in [1.82, 2.24) is 4.90 Å². The molecule has 2 heterocycles. The van der Waals surface area contributed by atoms with Gasteiger partial charge in [0.15, 0.2) is 0 Å². The Morgan fingerprint density at radius 3 is 2.13 bits per heavy atom. The lowest BCUT2D eigenvalue weighted by molar-refractivity contribution is -0.131. The maximum absolute atomic E-state index is 12.8. The van der Waals surface area contributed by atoms with Crippen molar-refractivity contribution in [3.05, 3.63) is 71.8 Å². The van der Waals surface area contributed by atoms with Crippen LogP contribution in [0.1, 0.15) is 36.8 Å². The Morgan fingerprint density at radius 1 is 0.900 bits per heavy atom. The molecule has 2 aromatic rings. The van der Waals surface area contributed by atoms with Gasteiger partial charge in [0.05, 0.1) is 25.3 Å². The molecule has 0 saturated carbocycles. The summed E-state index contributed by atoms with van der Waals surface area (Å²) in [5.41, 5.74) is 2.24. The normalized spacial score (nSPS) is 23.1. The summed E-state index contributed by atoms with van der Waals surface area (Å²) >= 11 is 0. The number of hydrogen-bond acceptors (Lipinski definition) is 4. The Morgan fingerprint density at radius 2 is 1.50 bits per heavy atom. The van der Waals surface area contributed by atoms with Crippen molar-refractivity contribution in [3.8, 4) is 0 Å². The highest BCUT2D eigenvalue weighted by Crippen LogP contribution is 2.33. The molecule has 2 bridgehead atoms. The van der Waals surface area contributed by atoms with Crippen LogP contribution in [0.25, 0.3) is 0 Å². The van der Waals surface area contributed by atoms with E-state index in [-0.39, 0.29) is 30.7 Å². The monoisotopic (exact) mass is 407 g/mol. The van der Waals surface area contributed by atoms with E-state index in [0.29, 0.717) is 38.3 Å². The number of hydrogen-bond donors (Lipinski definition) is 0. The zero-order valence-electron chi connectivity index (χ0n) is 17.2. The Hall–Kier alpha value is -2.66. The first-order valence-electron chi connectivity index (χ1n) is 10.8. The number of nitrogens with zero attached hydrogens (tertiary/aromatic N) is 1. The SMILES string of the molecule is O=C(CCCc1ccccc1)C1CC2COCC(C1)N2C(=O)OCc1ccccc1. The van der Waals surface area contributed by atoms with E-state index < -0.39 is 0 Å². The maximum Gasteiger partial charge on any atom is 0.410 e. The number of piperidine rings is 1.